The minimum atomic E-state index is -1.77. The maximum atomic E-state index is 13.7. The van der Waals surface area contributed by atoms with E-state index in [0.717, 1.165) is 44.5 Å². The number of imidazole rings is 1. The van der Waals surface area contributed by atoms with E-state index in [1.807, 2.05) is 103 Å². The van der Waals surface area contributed by atoms with E-state index in [1.54, 1.807) is 43.1 Å². The molecule has 450 valence electrons. The van der Waals surface area contributed by atoms with Gasteiger partial charge in [-0.15, -0.1) is 0 Å². The fraction of sp³-hybridized carbons (Fsp3) is 0.318. The number of rotatable bonds is 26. The van der Waals surface area contributed by atoms with Gasteiger partial charge in [0.25, 0.3) is 20.0 Å². The Hall–Kier alpha value is -8.80. The van der Waals surface area contributed by atoms with Crippen LogP contribution in [-0.4, -0.2) is 107 Å². The smallest absolute Gasteiger partial charge is 0.407 e. The zero-order chi connectivity index (χ0) is 61.0. The van der Waals surface area contributed by atoms with Gasteiger partial charge in [-0.3, -0.25) is 29.3 Å². The number of anilines is 1. The van der Waals surface area contributed by atoms with Crippen LogP contribution in [-0.2, 0) is 40.2 Å². The first kappa shape index (κ1) is 61.3. The number of hydrogen-bond acceptors (Lipinski definition) is 15. The van der Waals surface area contributed by atoms with Crippen LogP contribution in [0.2, 0.25) is 0 Å². The van der Waals surface area contributed by atoms with Gasteiger partial charge in [-0.1, -0.05) is 115 Å². The number of aromatic amines is 1. The zero-order valence-corrected chi connectivity index (χ0v) is 50.2. The van der Waals surface area contributed by atoms with Crippen molar-refractivity contribution >= 4 is 43.5 Å². The number of ether oxygens (including phenoxy) is 5. The molecule has 10 rings (SSSR count). The van der Waals surface area contributed by atoms with Gasteiger partial charge in [0.15, 0.2) is 11.2 Å². The summed E-state index contributed by atoms with van der Waals surface area (Å²) in [6.45, 7) is 8.71. The van der Waals surface area contributed by atoms with Crippen LogP contribution < -0.4 is 31.0 Å². The molecule has 2 aliphatic rings. The second-order valence-corrected chi connectivity index (χ2v) is 22.9. The van der Waals surface area contributed by atoms with Crippen LogP contribution in [0.15, 0.2) is 163 Å². The average molecular weight is 1200 g/mol. The number of nitrogens with zero attached hydrogens (tertiary/aromatic N) is 5. The summed E-state index contributed by atoms with van der Waals surface area (Å²) in [4.78, 5) is 64.9. The standard InChI is InChI=1S/C66H70N9O11P/c1-42(2)75(43(3)4)87(84-36-14-34-67)86-56-37-59(85-57(56)40-83-66(46-15-8-7-9-16-46,47-25-29-49(80-5)30-26-47)48-27-31-50(81-6)32-28-48)74-41-70-60-61(74)72-64(73-63(60)78)71-58(76)33-35-68-62(77)45-23-21-44(22-24-45)38-69-65(79)82-39-55-53-19-12-10-17-51(53)52-18-11-13-20-54(52)55/h7-13,15-32,41-43,55-57,59H,14,33,35-40H2,1-6H3,(H,68,77)(H,69,79)(H2,71,72,73,76,78)/t56-,57+,59+,87?/m0/s1. The molecule has 3 heterocycles. The SMILES string of the molecule is COc1ccc(C(OC[C@H]2O[C@@H](n3cnc4c(=O)[nH]c(NC(=O)CCNC(=O)c5ccc(CNC(=O)OCC6c7ccccc7-c7ccccc76)cc5)nc43)C[C@@H]2OP(OCCC#N)N(C(C)C)C(C)C)(c2ccccc2)c2ccc(OC)cc2)cc1. The van der Waals surface area contributed by atoms with E-state index < -0.39 is 56.0 Å². The van der Waals surface area contributed by atoms with Crippen molar-refractivity contribution in [3.8, 4) is 28.7 Å². The molecule has 20 nitrogen and oxygen atoms in total. The lowest BCUT2D eigenvalue weighted by molar-refractivity contribution is -0.116. The van der Waals surface area contributed by atoms with Gasteiger partial charge >= 0.3 is 6.09 Å². The normalized spacial score (nSPS) is 15.9. The van der Waals surface area contributed by atoms with E-state index in [4.69, 9.17) is 32.7 Å². The van der Waals surface area contributed by atoms with Crippen molar-refractivity contribution in [3.05, 3.63) is 207 Å². The molecule has 1 unspecified atom stereocenters. The predicted octanol–water partition coefficient (Wildman–Crippen LogP) is 10.9. The number of hydrogen-bond donors (Lipinski definition) is 4. The highest BCUT2D eigenvalue weighted by molar-refractivity contribution is 7.44. The third-order valence-corrected chi connectivity index (χ3v) is 17.5. The molecule has 1 saturated heterocycles. The fourth-order valence-corrected chi connectivity index (χ4v) is 13.0. The first-order valence-electron chi connectivity index (χ1n) is 28.9. The molecule has 21 heteroatoms. The summed E-state index contributed by atoms with van der Waals surface area (Å²) in [5.74, 6) is 0.205. The second kappa shape index (κ2) is 28.1. The monoisotopic (exact) mass is 1200 g/mol. The molecule has 4 N–H and O–H groups in total. The van der Waals surface area contributed by atoms with Gasteiger partial charge in [0.2, 0.25) is 11.9 Å². The molecule has 0 spiro atoms. The molecule has 0 radical (unpaired) electrons. The summed E-state index contributed by atoms with van der Waals surface area (Å²) in [6, 6.07) is 50.5. The molecule has 1 aliphatic carbocycles. The number of carbonyl (C=O) groups is 3. The van der Waals surface area contributed by atoms with Gasteiger partial charge in [-0.05, 0) is 109 Å². The third kappa shape index (κ3) is 13.9. The molecule has 8 aromatic rings. The molecule has 0 bridgehead atoms. The number of amides is 3. The summed E-state index contributed by atoms with van der Waals surface area (Å²) < 4.78 is 48.5. The van der Waals surface area contributed by atoms with Crippen LogP contribution in [0.3, 0.4) is 0 Å². The Kier molecular flexibility index (Phi) is 19.8. The van der Waals surface area contributed by atoms with Crippen molar-refractivity contribution in [1.82, 2.24) is 34.8 Å². The van der Waals surface area contributed by atoms with Crippen LogP contribution in [0.5, 0.6) is 11.5 Å². The highest BCUT2D eigenvalue weighted by Gasteiger charge is 2.45. The molecule has 6 aromatic carbocycles. The Morgan fingerprint density at radius 3 is 2.01 bits per heavy atom. The van der Waals surface area contributed by atoms with E-state index in [-0.39, 0.29) is 87.3 Å². The van der Waals surface area contributed by atoms with Crippen molar-refractivity contribution in [2.24, 2.45) is 0 Å². The van der Waals surface area contributed by atoms with Gasteiger partial charge in [-0.2, -0.15) is 10.2 Å². The van der Waals surface area contributed by atoms with Gasteiger partial charge in [-0.25, -0.2) is 14.4 Å². The number of H-pyrrole nitrogens is 1. The molecule has 3 amide bonds. The second-order valence-electron chi connectivity index (χ2n) is 21.5. The van der Waals surface area contributed by atoms with Crippen molar-refractivity contribution in [3.63, 3.8) is 0 Å². The van der Waals surface area contributed by atoms with Crippen molar-refractivity contribution in [2.75, 3.05) is 45.9 Å². The summed E-state index contributed by atoms with van der Waals surface area (Å²) in [5, 5.41) is 17.8. The van der Waals surface area contributed by atoms with Crippen LogP contribution >= 0.6 is 8.53 Å². The minimum absolute atomic E-state index is 0.000352. The van der Waals surface area contributed by atoms with Crippen LogP contribution in [0.25, 0.3) is 22.3 Å². The first-order chi connectivity index (χ1) is 42.3. The van der Waals surface area contributed by atoms with E-state index in [0.29, 0.717) is 17.1 Å². The number of alkyl carbamates (subject to hydrolysis) is 1. The Morgan fingerprint density at radius 1 is 0.793 bits per heavy atom. The Morgan fingerprint density at radius 2 is 1.40 bits per heavy atom. The van der Waals surface area contributed by atoms with Gasteiger partial charge in [0, 0.05) is 49.5 Å². The number of fused-ring (bicyclic) bond motifs is 4. The molecule has 87 heavy (non-hydrogen) atoms. The number of nitrogens with one attached hydrogen (secondary N) is 4. The van der Waals surface area contributed by atoms with E-state index >= 15 is 0 Å². The summed E-state index contributed by atoms with van der Waals surface area (Å²) >= 11 is 0. The zero-order valence-electron chi connectivity index (χ0n) is 49.3. The van der Waals surface area contributed by atoms with E-state index in [2.05, 4.69) is 93.6 Å². The molecular weight excluding hydrogens is 1130 g/mol. The summed E-state index contributed by atoms with van der Waals surface area (Å²) in [6.07, 6.45) is -1.12. The number of benzene rings is 6. The van der Waals surface area contributed by atoms with Crippen molar-refractivity contribution in [1.29, 1.82) is 5.26 Å². The maximum absolute atomic E-state index is 13.7. The number of methoxy groups -OCH3 is 2. The van der Waals surface area contributed by atoms with Crippen LogP contribution in [0.4, 0.5) is 10.7 Å². The van der Waals surface area contributed by atoms with Gasteiger partial charge in [0.05, 0.1) is 52.4 Å². The highest BCUT2D eigenvalue weighted by atomic mass is 31.2. The summed E-state index contributed by atoms with van der Waals surface area (Å²) in [7, 11) is 1.46. The molecule has 1 aliphatic heterocycles. The topological polar surface area (TPSA) is 243 Å². The lowest BCUT2D eigenvalue weighted by Gasteiger charge is -2.39. The molecule has 4 atom stereocenters. The quantitative estimate of drug-likeness (QED) is 0.0224. The number of carbonyl (C=O) groups excluding carboxylic acids is 3. The lowest BCUT2D eigenvalue weighted by atomic mass is 9.80. The van der Waals surface area contributed by atoms with E-state index in [1.165, 1.54) is 6.33 Å². The van der Waals surface area contributed by atoms with Crippen molar-refractivity contribution < 1.29 is 47.1 Å². The highest BCUT2D eigenvalue weighted by Crippen LogP contribution is 2.51. The molecular formula is C66H70N9O11P. The van der Waals surface area contributed by atoms with Crippen LogP contribution in [0.1, 0.15) is 103 Å². The Bertz CT molecular complexity index is 3660. The first-order valence-corrected chi connectivity index (χ1v) is 30.0. The Labute approximate surface area is 506 Å². The van der Waals surface area contributed by atoms with E-state index in [9.17, 15) is 24.4 Å². The van der Waals surface area contributed by atoms with Crippen LogP contribution in [0, 0.1) is 11.3 Å². The minimum Gasteiger partial charge on any atom is -0.497 e. The molecule has 0 saturated carbocycles. The maximum Gasteiger partial charge on any atom is 0.407 e. The lowest BCUT2D eigenvalue weighted by Crippen LogP contribution is -2.39. The van der Waals surface area contributed by atoms with Crippen molar-refractivity contribution in [2.45, 2.75) is 95.5 Å². The largest absolute Gasteiger partial charge is 0.497 e. The summed E-state index contributed by atoms with van der Waals surface area (Å²) in [5.41, 5.74) is 6.44. The molecule has 1 fully saturated rings. The fourth-order valence-electron chi connectivity index (χ4n) is 11.2. The number of nitriles is 1. The number of aromatic nitrogens is 4. The third-order valence-electron chi connectivity index (χ3n) is 15.3. The van der Waals surface area contributed by atoms with Gasteiger partial charge < -0.3 is 43.4 Å². The van der Waals surface area contributed by atoms with Gasteiger partial charge in [0.1, 0.15) is 36.0 Å². The Balaban J connectivity index is 0.818. The predicted molar refractivity (Wildman–Crippen MR) is 329 cm³/mol. The molecule has 2 aromatic heterocycles. The average Bonchev–Trinajstić information content (AvgIpc) is 1.86.